The zero-order chi connectivity index (χ0) is 15.1. The quantitative estimate of drug-likeness (QED) is 0.773. The zero-order valence-electron chi connectivity index (χ0n) is 12.2. The van der Waals surface area contributed by atoms with Gasteiger partial charge < -0.3 is 14.8 Å². The number of rotatable bonds is 7. The fourth-order valence-corrected chi connectivity index (χ4v) is 2.23. The molecule has 4 nitrogen and oxygen atoms in total. The maximum atomic E-state index is 5.92. The molecule has 0 aliphatic carbocycles. The van der Waals surface area contributed by atoms with Crippen molar-refractivity contribution < 1.29 is 9.47 Å². The lowest BCUT2D eigenvalue weighted by molar-refractivity contribution is 0.199. The SMILES string of the molecule is COCCNCc1cc(Br)ccc1Oc1ccc(C)nc1. The van der Waals surface area contributed by atoms with Gasteiger partial charge in [-0.05, 0) is 37.3 Å². The Morgan fingerprint density at radius 1 is 1.24 bits per heavy atom. The van der Waals surface area contributed by atoms with E-state index < -0.39 is 0 Å². The van der Waals surface area contributed by atoms with Gasteiger partial charge in [0.15, 0.2) is 0 Å². The number of aryl methyl sites for hydroxylation is 1. The first-order valence-electron chi connectivity index (χ1n) is 6.77. The zero-order valence-corrected chi connectivity index (χ0v) is 13.8. The molecular formula is C16H19BrN2O2. The molecule has 0 aliphatic heterocycles. The fourth-order valence-electron chi connectivity index (χ4n) is 1.82. The summed E-state index contributed by atoms with van der Waals surface area (Å²) in [4.78, 5) is 4.24. The van der Waals surface area contributed by atoms with Gasteiger partial charge in [-0.15, -0.1) is 0 Å². The van der Waals surface area contributed by atoms with E-state index in [1.165, 1.54) is 0 Å². The van der Waals surface area contributed by atoms with Crippen molar-refractivity contribution >= 4 is 15.9 Å². The van der Waals surface area contributed by atoms with Crippen molar-refractivity contribution in [1.29, 1.82) is 0 Å². The number of halogens is 1. The van der Waals surface area contributed by atoms with Crippen molar-refractivity contribution in [3.05, 3.63) is 52.3 Å². The molecule has 5 heteroatoms. The van der Waals surface area contributed by atoms with Gasteiger partial charge in [0.1, 0.15) is 11.5 Å². The van der Waals surface area contributed by atoms with Gasteiger partial charge in [-0.25, -0.2) is 0 Å². The number of methoxy groups -OCH3 is 1. The Balaban J connectivity index is 2.08. The molecule has 21 heavy (non-hydrogen) atoms. The summed E-state index contributed by atoms with van der Waals surface area (Å²) < 4.78 is 12.0. The Bertz CT molecular complexity index is 573. The molecule has 2 rings (SSSR count). The van der Waals surface area contributed by atoms with E-state index >= 15 is 0 Å². The van der Waals surface area contributed by atoms with Gasteiger partial charge in [-0.1, -0.05) is 15.9 Å². The summed E-state index contributed by atoms with van der Waals surface area (Å²) >= 11 is 3.49. The smallest absolute Gasteiger partial charge is 0.145 e. The number of nitrogens with one attached hydrogen (secondary N) is 1. The molecule has 0 amide bonds. The Hall–Kier alpha value is -1.43. The fraction of sp³-hybridized carbons (Fsp3) is 0.312. The number of benzene rings is 1. The van der Waals surface area contributed by atoms with Crippen LogP contribution in [-0.2, 0) is 11.3 Å². The molecule has 2 aromatic rings. The molecule has 1 heterocycles. The van der Waals surface area contributed by atoms with Crippen LogP contribution in [0.25, 0.3) is 0 Å². The monoisotopic (exact) mass is 350 g/mol. The first-order chi connectivity index (χ1) is 10.2. The molecule has 1 N–H and O–H groups in total. The highest BCUT2D eigenvalue weighted by Gasteiger charge is 2.06. The van der Waals surface area contributed by atoms with E-state index in [-0.39, 0.29) is 0 Å². The van der Waals surface area contributed by atoms with E-state index in [0.29, 0.717) is 6.61 Å². The molecule has 0 bridgehead atoms. The third kappa shape index (κ3) is 5.12. The molecule has 0 aliphatic rings. The molecule has 0 unspecified atom stereocenters. The molecule has 0 radical (unpaired) electrons. The highest BCUT2D eigenvalue weighted by Crippen LogP contribution is 2.27. The molecule has 0 fully saturated rings. The minimum Gasteiger partial charge on any atom is -0.455 e. The predicted octanol–water partition coefficient (Wildman–Crippen LogP) is 3.68. The number of pyridine rings is 1. The molecule has 0 saturated carbocycles. The predicted molar refractivity (Wildman–Crippen MR) is 86.8 cm³/mol. The Kier molecular flexibility index (Phi) is 6.17. The summed E-state index contributed by atoms with van der Waals surface area (Å²) in [5.74, 6) is 1.56. The minimum atomic E-state index is 0.687. The molecular weight excluding hydrogens is 332 g/mol. The van der Waals surface area contributed by atoms with E-state index in [1.54, 1.807) is 13.3 Å². The number of aromatic nitrogens is 1. The lowest BCUT2D eigenvalue weighted by Gasteiger charge is -2.12. The minimum absolute atomic E-state index is 0.687. The van der Waals surface area contributed by atoms with Crippen LogP contribution >= 0.6 is 15.9 Å². The van der Waals surface area contributed by atoms with Gasteiger partial charge >= 0.3 is 0 Å². The number of ether oxygens (including phenoxy) is 2. The topological polar surface area (TPSA) is 43.4 Å². The average Bonchev–Trinajstić information content (AvgIpc) is 2.48. The normalized spacial score (nSPS) is 10.6. The first-order valence-corrected chi connectivity index (χ1v) is 7.57. The summed E-state index contributed by atoms with van der Waals surface area (Å²) in [7, 11) is 1.69. The number of nitrogens with zero attached hydrogens (tertiary/aromatic N) is 1. The Morgan fingerprint density at radius 2 is 2.10 bits per heavy atom. The third-order valence-electron chi connectivity index (χ3n) is 2.93. The van der Waals surface area contributed by atoms with Crippen molar-refractivity contribution in [3.8, 4) is 11.5 Å². The standard InChI is InChI=1S/C16H19BrN2O2/c1-12-3-5-15(11-19-12)21-16-6-4-14(17)9-13(16)10-18-7-8-20-2/h3-6,9,11,18H,7-8,10H2,1-2H3. The van der Waals surface area contributed by atoms with Crippen LogP contribution in [0.15, 0.2) is 41.0 Å². The molecule has 1 aromatic heterocycles. The largest absolute Gasteiger partial charge is 0.455 e. The van der Waals surface area contributed by atoms with E-state index in [4.69, 9.17) is 9.47 Å². The average molecular weight is 351 g/mol. The van der Waals surface area contributed by atoms with Crippen molar-refractivity contribution in [2.75, 3.05) is 20.3 Å². The maximum absolute atomic E-state index is 5.92. The van der Waals surface area contributed by atoms with Crippen LogP contribution in [0.2, 0.25) is 0 Å². The lowest BCUT2D eigenvalue weighted by Crippen LogP contribution is -2.18. The van der Waals surface area contributed by atoms with E-state index in [9.17, 15) is 0 Å². The highest BCUT2D eigenvalue weighted by atomic mass is 79.9. The van der Waals surface area contributed by atoms with Gasteiger partial charge in [-0.2, -0.15) is 0 Å². The summed E-state index contributed by atoms with van der Waals surface area (Å²) in [6.45, 7) is 4.16. The van der Waals surface area contributed by atoms with Gasteiger partial charge in [0.25, 0.3) is 0 Å². The second-order valence-corrected chi connectivity index (χ2v) is 5.57. The van der Waals surface area contributed by atoms with E-state index in [2.05, 4.69) is 32.3 Å². The highest BCUT2D eigenvalue weighted by molar-refractivity contribution is 9.10. The second-order valence-electron chi connectivity index (χ2n) is 4.66. The van der Waals surface area contributed by atoms with Crippen molar-refractivity contribution in [2.24, 2.45) is 0 Å². The van der Waals surface area contributed by atoms with Crippen LogP contribution in [0.4, 0.5) is 0 Å². The molecule has 0 saturated heterocycles. The van der Waals surface area contributed by atoms with E-state index in [1.807, 2.05) is 31.2 Å². The van der Waals surface area contributed by atoms with Crippen LogP contribution < -0.4 is 10.1 Å². The summed E-state index contributed by atoms with van der Waals surface area (Å²) in [6.07, 6.45) is 1.74. The number of hydrogen-bond acceptors (Lipinski definition) is 4. The first kappa shape index (κ1) is 15.9. The van der Waals surface area contributed by atoms with Crippen molar-refractivity contribution in [1.82, 2.24) is 10.3 Å². The molecule has 1 aromatic carbocycles. The maximum Gasteiger partial charge on any atom is 0.145 e. The van der Waals surface area contributed by atoms with Crippen LogP contribution in [0.5, 0.6) is 11.5 Å². The molecule has 0 spiro atoms. The molecule has 0 atom stereocenters. The van der Waals surface area contributed by atoms with Gasteiger partial charge in [0.2, 0.25) is 0 Å². The second kappa shape index (κ2) is 8.12. The van der Waals surface area contributed by atoms with E-state index in [0.717, 1.165) is 40.3 Å². The lowest BCUT2D eigenvalue weighted by atomic mass is 10.2. The molecule has 112 valence electrons. The van der Waals surface area contributed by atoms with Gasteiger partial charge in [-0.3, -0.25) is 4.98 Å². The summed E-state index contributed by atoms with van der Waals surface area (Å²) in [6, 6.07) is 9.83. The van der Waals surface area contributed by atoms with Crippen LogP contribution in [0.1, 0.15) is 11.3 Å². The Morgan fingerprint density at radius 3 is 2.81 bits per heavy atom. The van der Waals surface area contributed by atoms with Gasteiger partial charge in [0, 0.05) is 35.9 Å². The van der Waals surface area contributed by atoms with Crippen LogP contribution in [0, 0.1) is 6.92 Å². The summed E-state index contributed by atoms with van der Waals surface area (Å²) in [5.41, 5.74) is 2.06. The third-order valence-corrected chi connectivity index (χ3v) is 3.43. The Labute approximate surface area is 133 Å². The summed E-state index contributed by atoms with van der Waals surface area (Å²) in [5, 5.41) is 3.32. The van der Waals surface area contributed by atoms with Crippen molar-refractivity contribution in [2.45, 2.75) is 13.5 Å². The van der Waals surface area contributed by atoms with Gasteiger partial charge in [0.05, 0.1) is 12.8 Å². The van der Waals surface area contributed by atoms with Crippen LogP contribution in [-0.4, -0.2) is 25.2 Å². The van der Waals surface area contributed by atoms with Crippen molar-refractivity contribution in [3.63, 3.8) is 0 Å². The van der Waals surface area contributed by atoms with Crippen LogP contribution in [0.3, 0.4) is 0 Å². The number of hydrogen-bond donors (Lipinski definition) is 1.